The molecule has 17 heavy (non-hydrogen) atoms. The van der Waals surface area contributed by atoms with Crippen LogP contribution in [0, 0.1) is 20.8 Å². The van der Waals surface area contributed by atoms with Gasteiger partial charge in [-0.2, -0.15) is 0 Å². The van der Waals surface area contributed by atoms with Gasteiger partial charge in [0.1, 0.15) is 5.76 Å². The van der Waals surface area contributed by atoms with Gasteiger partial charge < -0.3 is 9.73 Å². The lowest BCUT2D eigenvalue weighted by molar-refractivity contribution is 0.478. The third-order valence-corrected chi connectivity index (χ3v) is 3.63. The minimum absolute atomic E-state index is 0.603. The second-order valence-corrected chi connectivity index (χ2v) is 4.87. The molecule has 1 aromatic heterocycles. The van der Waals surface area contributed by atoms with Gasteiger partial charge in [-0.05, 0) is 38.5 Å². The highest BCUT2D eigenvalue weighted by Gasteiger charge is 2.06. The van der Waals surface area contributed by atoms with Crippen molar-refractivity contribution in [1.82, 2.24) is 4.98 Å². The molecule has 0 amide bonds. The minimum Gasteiger partial charge on any atom is -0.444 e. The summed E-state index contributed by atoms with van der Waals surface area (Å²) in [6, 6.07) is 6.08. The maximum Gasteiger partial charge on any atom is 0.213 e. The van der Waals surface area contributed by atoms with E-state index in [4.69, 9.17) is 4.42 Å². The van der Waals surface area contributed by atoms with Gasteiger partial charge in [-0.1, -0.05) is 22.0 Å². The fraction of sp³-hybridized carbons (Fsp3) is 0.308. The highest BCUT2D eigenvalue weighted by atomic mass is 79.9. The zero-order chi connectivity index (χ0) is 12.4. The summed E-state index contributed by atoms with van der Waals surface area (Å²) in [5, 5.41) is 3.32. The Hall–Kier alpha value is -1.29. The van der Waals surface area contributed by atoms with E-state index in [0.717, 1.165) is 27.5 Å². The van der Waals surface area contributed by atoms with Crippen LogP contribution >= 0.6 is 15.9 Å². The smallest absolute Gasteiger partial charge is 0.213 e. The van der Waals surface area contributed by atoms with Crippen molar-refractivity contribution in [3.63, 3.8) is 0 Å². The molecule has 0 unspecified atom stereocenters. The van der Waals surface area contributed by atoms with E-state index >= 15 is 0 Å². The predicted octanol–water partition coefficient (Wildman–Crippen LogP) is 3.97. The highest BCUT2D eigenvalue weighted by Crippen LogP contribution is 2.24. The molecule has 0 aliphatic rings. The number of halogens is 1. The number of oxazole rings is 1. The summed E-state index contributed by atoms with van der Waals surface area (Å²) in [5.74, 6) is 1.60. The molecule has 2 rings (SSSR count). The summed E-state index contributed by atoms with van der Waals surface area (Å²) >= 11 is 3.51. The average Bonchev–Trinajstić information content (AvgIpc) is 2.61. The van der Waals surface area contributed by atoms with Crippen molar-refractivity contribution in [2.75, 3.05) is 5.32 Å². The summed E-state index contributed by atoms with van der Waals surface area (Å²) in [6.45, 7) is 6.55. The topological polar surface area (TPSA) is 38.1 Å². The van der Waals surface area contributed by atoms with E-state index in [1.54, 1.807) is 0 Å². The third-order valence-electron chi connectivity index (χ3n) is 2.77. The Labute approximate surface area is 109 Å². The number of benzene rings is 1. The van der Waals surface area contributed by atoms with Crippen molar-refractivity contribution < 1.29 is 4.42 Å². The molecule has 0 aliphatic heterocycles. The largest absolute Gasteiger partial charge is 0.444 e. The second-order valence-electron chi connectivity index (χ2n) is 4.02. The summed E-state index contributed by atoms with van der Waals surface area (Å²) in [6.07, 6.45) is 0. The number of nitrogens with zero attached hydrogens (tertiary/aromatic N) is 1. The Balaban J connectivity index is 2.10. The molecule has 0 saturated heterocycles. The highest BCUT2D eigenvalue weighted by molar-refractivity contribution is 9.10. The van der Waals surface area contributed by atoms with Crippen LogP contribution in [0.2, 0.25) is 0 Å². The quantitative estimate of drug-likeness (QED) is 0.931. The van der Waals surface area contributed by atoms with Gasteiger partial charge in [0.2, 0.25) is 5.89 Å². The first-order chi connectivity index (χ1) is 8.08. The van der Waals surface area contributed by atoms with E-state index < -0.39 is 0 Å². The molecule has 1 aromatic carbocycles. The lowest BCUT2D eigenvalue weighted by atomic mass is 10.2. The minimum atomic E-state index is 0.603. The molecule has 1 N–H and O–H groups in total. The van der Waals surface area contributed by atoms with E-state index in [2.05, 4.69) is 33.2 Å². The van der Waals surface area contributed by atoms with Crippen LogP contribution < -0.4 is 5.32 Å². The van der Waals surface area contributed by atoms with Gasteiger partial charge in [0.25, 0.3) is 0 Å². The zero-order valence-electron chi connectivity index (χ0n) is 10.2. The van der Waals surface area contributed by atoms with Crippen molar-refractivity contribution in [1.29, 1.82) is 0 Å². The first-order valence-corrected chi connectivity index (χ1v) is 6.29. The number of anilines is 1. The zero-order valence-corrected chi connectivity index (χ0v) is 11.8. The Morgan fingerprint density at radius 3 is 2.71 bits per heavy atom. The molecule has 3 nitrogen and oxygen atoms in total. The van der Waals surface area contributed by atoms with E-state index in [1.807, 2.05) is 32.0 Å². The molecule has 0 saturated carbocycles. The van der Waals surface area contributed by atoms with E-state index in [-0.39, 0.29) is 0 Å². The number of rotatable bonds is 3. The molecule has 4 heteroatoms. The molecular formula is C13H15BrN2O. The first kappa shape index (κ1) is 12.2. The van der Waals surface area contributed by atoms with Crippen LogP contribution in [0.25, 0.3) is 0 Å². The van der Waals surface area contributed by atoms with E-state index in [9.17, 15) is 0 Å². The van der Waals surface area contributed by atoms with Crippen LogP contribution in [-0.2, 0) is 6.54 Å². The maximum absolute atomic E-state index is 5.52. The van der Waals surface area contributed by atoms with Gasteiger partial charge in [0.05, 0.1) is 12.2 Å². The molecular weight excluding hydrogens is 280 g/mol. The van der Waals surface area contributed by atoms with Crippen LogP contribution in [-0.4, -0.2) is 4.98 Å². The van der Waals surface area contributed by atoms with Crippen LogP contribution in [0.1, 0.15) is 22.9 Å². The van der Waals surface area contributed by atoms with Gasteiger partial charge in [-0.3, -0.25) is 0 Å². The summed E-state index contributed by atoms with van der Waals surface area (Å²) in [5.41, 5.74) is 3.23. The molecule has 0 fully saturated rings. The molecule has 90 valence electrons. The third kappa shape index (κ3) is 2.69. The van der Waals surface area contributed by atoms with Crippen LogP contribution in [0.3, 0.4) is 0 Å². The second kappa shape index (κ2) is 4.92. The van der Waals surface area contributed by atoms with Gasteiger partial charge in [-0.25, -0.2) is 4.98 Å². The molecule has 0 radical (unpaired) electrons. The number of hydrogen-bond donors (Lipinski definition) is 1. The van der Waals surface area contributed by atoms with Crippen molar-refractivity contribution in [3.05, 3.63) is 45.6 Å². The SMILES string of the molecule is Cc1nc(CNc2cccc(Br)c2C)oc1C. The lowest BCUT2D eigenvalue weighted by Gasteiger charge is -2.08. The maximum atomic E-state index is 5.52. The molecule has 0 atom stereocenters. The van der Waals surface area contributed by atoms with Crippen molar-refractivity contribution >= 4 is 21.6 Å². The fourth-order valence-electron chi connectivity index (χ4n) is 1.58. The van der Waals surface area contributed by atoms with E-state index in [0.29, 0.717) is 6.54 Å². The Morgan fingerprint density at radius 2 is 2.06 bits per heavy atom. The standard InChI is InChI=1S/C13H15BrN2O/c1-8-11(14)5-4-6-12(8)15-7-13-16-9(2)10(3)17-13/h4-6,15H,7H2,1-3H3. The molecule has 0 spiro atoms. The van der Waals surface area contributed by atoms with Gasteiger partial charge in [0.15, 0.2) is 0 Å². The van der Waals surface area contributed by atoms with Crippen molar-refractivity contribution in [3.8, 4) is 0 Å². The van der Waals surface area contributed by atoms with Gasteiger partial charge in [0, 0.05) is 10.2 Å². The summed E-state index contributed by atoms with van der Waals surface area (Å²) < 4.78 is 6.62. The van der Waals surface area contributed by atoms with Crippen LogP contribution in [0.5, 0.6) is 0 Å². The van der Waals surface area contributed by atoms with Crippen LogP contribution in [0.15, 0.2) is 27.1 Å². The van der Waals surface area contributed by atoms with Crippen molar-refractivity contribution in [2.45, 2.75) is 27.3 Å². The lowest BCUT2D eigenvalue weighted by Crippen LogP contribution is -2.01. The number of aryl methyl sites for hydroxylation is 2. The molecule has 0 aliphatic carbocycles. The monoisotopic (exact) mass is 294 g/mol. The van der Waals surface area contributed by atoms with Gasteiger partial charge in [-0.15, -0.1) is 0 Å². The summed E-state index contributed by atoms with van der Waals surface area (Å²) in [4.78, 5) is 4.34. The number of nitrogens with one attached hydrogen (secondary N) is 1. The molecule has 1 heterocycles. The Bertz CT molecular complexity index is 515. The van der Waals surface area contributed by atoms with Crippen LogP contribution in [0.4, 0.5) is 5.69 Å². The number of aromatic nitrogens is 1. The first-order valence-electron chi connectivity index (χ1n) is 5.50. The Kier molecular flexibility index (Phi) is 3.52. The molecule has 2 aromatic rings. The predicted molar refractivity (Wildman–Crippen MR) is 72.2 cm³/mol. The Morgan fingerprint density at radius 1 is 1.29 bits per heavy atom. The van der Waals surface area contributed by atoms with E-state index in [1.165, 1.54) is 5.56 Å². The van der Waals surface area contributed by atoms with Gasteiger partial charge >= 0.3 is 0 Å². The normalized spacial score (nSPS) is 10.6. The number of hydrogen-bond acceptors (Lipinski definition) is 3. The summed E-state index contributed by atoms with van der Waals surface area (Å²) in [7, 11) is 0. The molecule has 0 bridgehead atoms. The fourth-order valence-corrected chi connectivity index (χ4v) is 1.95. The average molecular weight is 295 g/mol. The van der Waals surface area contributed by atoms with Crippen molar-refractivity contribution in [2.24, 2.45) is 0 Å².